The normalized spacial score (nSPS) is 15.5. The third kappa shape index (κ3) is 4.57. The lowest BCUT2D eigenvalue weighted by atomic mass is 10.1. The summed E-state index contributed by atoms with van der Waals surface area (Å²) < 4.78 is 28.5. The van der Waals surface area contributed by atoms with E-state index in [1.807, 2.05) is 35.0 Å². The quantitative estimate of drug-likeness (QED) is 0.603. The number of amidine groups is 1. The van der Waals surface area contributed by atoms with Crippen molar-refractivity contribution in [3.05, 3.63) is 83.9 Å². The minimum Gasteiger partial charge on any atom is -0.352 e. The van der Waals surface area contributed by atoms with Gasteiger partial charge in [0.05, 0.1) is 17.8 Å². The van der Waals surface area contributed by atoms with Crippen molar-refractivity contribution in [3.8, 4) is 0 Å². The second-order valence-corrected chi connectivity index (χ2v) is 8.56. The number of nitrogens with zero attached hydrogens (tertiary/aromatic N) is 3. The number of imidazole rings is 1. The van der Waals surface area contributed by atoms with Crippen molar-refractivity contribution in [2.24, 2.45) is 4.99 Å². The SMILES string of the molecule is O=C(CCN=C1NS(=O)(=O)c2ccccc21)NCc1ccc(Cn2ccnc2)cc1. The topological polar surface area (TPSA) is 105 Å². The number of nitrogens with one attached hydrogen (secondary N) is 2. The molecule has 0 saturated carbocycles. The van der Waals surface area contributed by atoms with Crippen molar-refractivity contribution >= 4 is 21.8 Å². The smallest absolute Gasteiger partial charge is 0.263 e. The van der Waals surface area contributed by atoms with Gasteiger partial charge in [-0.3, -0.25) is 14.5 Å². The Labute approximate surface area is 174 Å². The van der Waals surface area contributed by atoms with E-state index in [9.17, 15) is 13.2 Å². The fourth-order valence-corrected chi connectivity index (χ4v) is 4.41. The average molecular weight is 423 g/mol. The molecule has 0 aliphatic carbocycles. The lowest BCUT2D eigenvalue weighted by molar-refractivity contribution is -0.121. The Bertz CT molecular complexity index is 1170. The highest BCUT2D eigenvalue weighted by atomic mass is 32.2. The summed E-state index contributed by atoms with van der Waals surface area (Å²) in [5, 5.41) is 2.86. The second kappa shape index (κ2) is 8.50. The number of aliphatic imine (C=N–C) groups is 1. The number of carbonyl (C=O) groups is 1. The van der Waals surface area contributed by atoms with E-state index >= 15 is 0 Å². The van der Waals surface area contributed by atoms with Gasteiger partial charge in [0.15, 0.2) is 0 Å². The van der Waals surface area contributed by atoms with Crippen molar-refractivity contribution in [2.75, 3.05) is 6.54 Å². The molecule has 4 rings (SSSR count). The summed E-state index contributed by atoms with van der Waals surface area (Å²) in [5.74, 6) is 0.142. The van der Waals surface area contributed by atoms with Crippen LogP contribution < -0.4 is 10.0 Å². The summed E-state index contributed by atoms with van der Waals surface area (Å²) in [6.07, 6.45) is 5.60. The largest absolute Gasteiger partial charge is 0.352 e. The van der Waals surface area contributed by atoms with Crippen LogP contribution in [0.5, 0.6) is 0 Å². The van der Waals surface area contributed by atoms with Gasteiger partial charge in [0.1, 0.15) is 5.84 Å². The third-order valence-corrected chi connectivity index (χ3v) is 6.11. The van der Waals surface area contributed by atoms with Crippen LogP contribution in [0.4, 0.5) is 0 Å². The molecule has 8 nitrogen and oxygen atoms in total. The number of hydrogen-bond donors (Lipinski definition) is 2. The Morgan fingerprint density at radius 2 is 1.87 bits per heavy atom. The highest BCUT2D eigenvalue weighted by Crippen LogP contribution is 2.22. The molecule has 0 saturated heterocycles. The zero-order valence-electron chi connectivity index (χ0n) is 16.2. The maximum atomic E-state index is 12.1. The number of hydrogen-bond acceptors (Lipinski definition) is 5. The molecule has 3 aromatic rings. The Balaban J connectivity index is 1.26. The van der Waals surface area contributed by atoms with E-state index in [0.717, 1.165) is 17.7 Å². The number of carbonyl (C=O) groups excluding carboxylic acids is 1. The van der Waals surface area contributed by atoms with Gasteiger partial charge in [0.2, 0.25) is 5.91 Å². The number of aromatic nitrogens is 2. The second-order valence-electron chi connectivity index (χ2n) is 6.91. The van der Waals surface area contributed by atoms with Gasteiger partial charge >= 0.3 is 0 Å². The summed E-state index contributed by atoms with van der Waals surface area (Å²) in [6.45, 7) is 1.37. The Morgan fingerprint density at radius 1 is 1.10 bits per heavy atom. The molecule has 1 amide bonds. The van der Waals surface area contributed by atoms with Gasteiger partial charge in [-0.1, -0.05) is 36.4 Å². The van der Waals surface area contributed by atoms with Crippen LogP contribution in [0.2, 0.25) is 0 Å². The Morgan fingerprint density at radius 3 is 2.63 bits per heavy atom. The predicted molar refractivity (Wildman–Crippen MR) is 112 cm³/mol. The van der Waals surface area contributed by atoms with Crippen molar-refractivity contribution < 1.29 is 13.2 Å². The average Bonchev–Trinajstić information content (AvgIpc) is 3.34. The van der Waals surface area contributed by atoms with Crippen molar-refractivity contribution in [1.82, 2.24) is 19.6 Å². The summed E-state index contributed by atoms with van der Waals surface area (Å²) in [6, 6.07) is 14.7. The molecule has 0 bridgehead atoms. The van der Waals surface area contributed by atoms with E-state index in [2.05, 4.69) is 20.0 Å². The molecule has 0 fully saturated rings. The first-order chi connectivity index (χ1) is 14.5. The van der Waals surface area contributed by atoms with E-state index in [1.54, 1.807) is 30.7 Å². The minimum absolute atomic E-state index is 0.143. The number of fused-ring (bicyclic) bond motifs is 1. The first-order valence-corrected chi connectivity index (χ1v) is 11.0. The van der Waals surface area contributed by atoms with Gasteiger partial charge in [-0.15, -0.1) is 0 Å². The Kier molecular flexibility index (Phi) is 5.62. The maximum absolute atomic E-state index is 12.1. The van der Waals surface area contributed by atoms with E-state index in [0.29, 0.717) is 12.1 Å². The maximum Gasteiger partial charge on any atom is 0.263 e. The van der Waals surface area contributed by atoms with Crippen molar-refractivity contribution in [3.63, 3.8) is 0 Å². The molecule has 1 aromatic heterocycles. The Hall–Kier alpha value is -3.46. The number of sulfonamides is 1. The van der Waals surface area contributed by atoms with Crippen LogP contribution in [0.25, 0.3) is 0 Å². The molecule has 154 valence electrons. The van der Waals surface area contributed by atoms with Crippen molar-refractivity contribution in [1.29, 1.82) is 0 Å². The zero-order valence-corrected chi connectivity index (χ0v) is 17.0. The summed E-state index contributed by atoms with van der Waals surface area (Å²) in [4.78, 5) is 20.6. The van der Waals surface area contributed by atoms with E-state index in [1.165, 1.54) is 6.07 Å². The van der Waals surface area contributed by atoms with Crippen molar-refractivity contribution in [2.45, 2.75) is 24.4 Å². The molecule has 1 aliphatic heterocycles. The lowest BCUT2D eigenvalue weighted by Crippen LogP contribution is -2.25. The van der Waals surface area contributed by atoms with E-state index < -0.39 is 10.0 Å². The van der Waals surface area contributed by atoms with Crippen LogP contribution in [0.1, 0.15) is 23.1 Å². The van der Waals surface area contributed by atoms with Gasteiger partial charge < -0.3 is 9.88 Å². The standard InChI is InChI=1S/C21H21N5O3S/c27-20(9-10-23-21-18-3-1-2-4-19(18)30(28,29)25-21)24-13-16-5-7-17(8-6-16)14-26-12-11-22-15-26/h1-8,11-12,15H,9-10,13-14H2,(H,23,25)(H,24,27). The van der Waals surface area contributed by atoms with Crippen LogP contribution >= 0.6 is 0 Å². The predicted octanol–water partition coefficient (Wildman–Crippen LogP) is 1.68. The molecule has 0 spiro atoms. The molecule has 30 heavy (non-hydrogen) atoms. The monoisotopic (exact) mass is 423 g/mol. The van der Waals surface area contributed by atoms with E-state index in [-0.39, 0.29) is 29.6 Å². The molecule has 2 heterocycles. The van der Waals surface area contributed by atoms with Crippen LogP contribution in [0, 0.1) is 0 Å². The van der Waals surface area contributed by atoms with Gasteiger partial charge in [0.25, 0.3) is 10.0 Å². The molecule has 2 N–H and O–H groups in total. The molecule has 0 radical (unpaired) electrons. The molecule has 9 heteroatoms. The van der Waals surface area contributed by atoms with Crippen LogP contribution in [0.15, 0.2) is 77.1 Å². The number of amides is 1. The molecular weight excluding hydrogens is 402 g/mol. The summed E-state index contributed by atoms with van der Waals surface area (Å²) >= 11 is 0. The fourth-order valence-electron chi connectivity index (χ4n) is 3.16. The van der Waals surface area contributed by atoms with Gasteiger partial charge in [-0.2, -0.15) is 0 Å². The zero-order chi connectivity index (χ0) is 21.0. The lowest BCUT2D eigenvalue weighted by Gasteiger charge is -2.07. The molecule has 1 aliphatic rings. The molecular formula is C21H21N5O3S. The van der Waals surface area contributed by atoms with Crippen LogP contribution in [-0.2, 0) is 27.9 Å². The van der Waals surface area contributed by atoms with Crippen LogP contribution in [0.3, 0.4) is 0 Å². The molecule has 0 atom stereocenters. The molecule has 2 aromatic carbocycles. The highest BCUT2D eigenvalue weighted by Gasteiger charge is 2.29. The van der Waals surface area contributed by atoms with Crippen LogP contribution in [-0.4, -0.2) is 36.3 Å². The van der Waals surface area contributed by atoms with Gasteiger partial charge in [-0.25, -0.2) is 13.4 Å². The molecule has 0 unspecified atom stereocenters. The third-order valence-electron chi connectivity index (χ3n) is 4.71. The fraction of sp³-hybridized carbons (Fsp3) is 0.190. The first kappa shape index (κ1) is 19.8. The highest BCUT2D eigenvalue weighted by molar-refractivity contribution is 7.90. The van der Waals surface area contributed by atoms with E-state index in [4.69, 9.17) is 0 Å². The minimum atomic E-state index is -3.56. The summed E-state index contributed by atoms with van der Waals surface area (Å²) in [5.41, 5.74) is 2.69. The first-order valence-electron chi connectivity index (χ1n) is 9.48. The van der Waals surface area contributed by atoms with Gasteiger partial charge in [-0.05, 0) is 23.3 Å². The number of rotatable bonds is 7. The van der Waals surface area contributed by atoms with Gasteiger partial charge in [0, 0.05) is 37.5 Å². The number of benzene rings is 2. The summed E-state index contributed by atoms with van der Waals surface area (Å²) in [7, 11) is -3.56.